The zero-order valence-electron chi connectivity index (χ0n) is 9.30. The minimum absolute atomic E-state index is 0.104. The van der Waals surface area contributed by atoms with E-state index in [1.165, 1.54) is 0 Å². The molecule has 0 fully saturated rings. The van der Waals surface area contributed by atoms with Gasteiger partial charge in [-0.05, 0) is 18.6 Å². The summed E-state index contributed by atoms with van der Waals surface area (Å²) in [6.07, 6.45) is 2.72. The second kappa shape index (κ2) is 4.59. The van der Waals surface area contributed by atoms with Crippen LogP contribution in [0.1, 0.15) is 25.2 Å². The molecule has 86 valence electrons. The van der Waals surface area contributed by atoms with Crippen molar-refractivity contribution in [2.24, 2.45) is 5.73 Å². The monoisotopic (exact) mass is 220 g/mol. The SMILES string of the molecule is CCCn1c(C(N)CO)nc2cccnc21. The Hall–Kier alpha value is -1.46. The highest BCUT2D eigenvalue weighted by atomic mass is 16.3. The standard InChI is InChI=1S/C11H16N4O/c1-2-6-15-10(8(12)7-16)14-9-4-3-5-13-11(9)15/h3-5,8,16H,2,6-7,12H2,1H3. The van der Waals surface area contributed by atoms with Gasteiger partial charge >= 0.3 is 0 Å². The van der Waals surface area contributed by atoms with Crippen molar-refractivity contribution in [2.45, 2.75) is 25.9 Å². The minimum atomic E-state index is -0.444. The van der Waals surface area contributed by atoms with Crippen LogP contribution in [0.2, 0.25) is 0 Å². The zero-order chi connectivity index (χ0) is 11.5. The number of pyridine rings is 1. The molecular weight excluding hydrogens is 204 g/mol. The molecule has 0 aliphatic heterocycles. The molecule has 0 aliphatic rings. The van der Waals surface area contributed by atoms with Gasteiger partial charge in [-0.25, -0.2) is 9.97 Å². The Bertz CT molecular complexity index is 480. The van der Waals surface area contributed by atoms with E-state index in [4.69, 9.17) is 10.8 Å². The third-order valence-electron chi connectivity index (χ3n) is 2.51. The number of rotatable bonds is 4. The first-order valence-corrected chi connectivity index (χ1v) is 5.45. The second-order valence-electron chi connectivity index (χ2n) is 3.76. The summed E-state index contributed by atoms with van der Waals surface area (Å²) in [5, 5.41) is 9.11. The number of nitrogens with zero attached hydrogens (tertiary/aromatic N) is 3. The highest BCUT2D eigenvalue weighted by Crippen LogP contribution is 2.18. The van der Waals surface area contributed by atoms with E-state index >= 15 is 0 Å². The molecule has 0 aromatic carbocycles. The van der Waals surface area contributed by atoms with Gasteiger partial charge in [-0.1, -0.05) is 6.92 Å². The van der Waals surface area contributed by atoms with Crippen molar-refractivity contribution in [1.29, 1.82) is 0 Å². The molecule has 2 aromatic heterocycles. The molecular formula is C11H16N4O. The fraction of sp³-hybridized carbons (Fsp3) is 0.455. The number of aryl methyl sites for hydroxylation is 1. The Kier molecular flexibility index (Phi) is 3.17. The van der Waals surface area contributed by atoms with Crippen LogP contribution in [0.15, 0.2) is 18.3 Å². The molecule has 5 nitrogen and oxygen atoms in total. The molecule has 0 radical (unpaired) electrons. The van der Waals surface area contributed by atoms with Crippen LogP contribution >= 0.6 is 0 Å². The van der Waals surface area contributed by atoms with Crippen LogP contribution in [0.5, 0.6) is 0 Å². The topological polar surface area (TPSA) is 77.0 Å². The van der Waals surface area contributed by atoms with E-state index in [-0.39, 0.29) is 6.61 Å². The quantitative estimate of drug-likeness (QED) is 0.800. The van der Waals surface area contributed by atoms with Crippen LogP contribution in [-0.4, -0.2) is 26.2 Å². The number of aliphatic hydroxyl groups is 1. The lowest BCUT2D eigenvalue weighted by atomic mass is 10.3. The minimum Gasteiger partial charge on any atom is -0.394 e. The summed E-state index contributed by atoms with van der Waals surface area (Å²) in [7, 11) is 0. The fourth-order valence-electron chi connectivity index (χ4n) is 1.78. The molecule has 0 bridgehead atoms. The van der Waals surface area contributed by atoms with Crippen molar-refractivity contribution in [1.82, 2.24) is 14.5 Å². The third-order valence-corrected chi connectivity index (χ3v) is 2.51. The van der Waals surface area contributed by atoms with Crippen LogP contribution in [0, 0.1) is 0 Å². The van der Waals surface area contributed by atoms with Gasteiger partial charge in [-0.15, -0.1) is 0 Å². The smallest absolute Gasteiger partial charge is 0.160 e. The van der Waals surface area contributed by atoms with Crippen LogP contribution < -0.4 is 5.73 Å². The zero-order valence-corrected chi connectivity index (χ0v) is 9.30. The number of fused-ring (bicyclic) bond motifs is 1. The molecule has 1 atom stereocenters. The van der Waals surface area contributed by atoms with Gasteiger partial charge in [0, 0.05) is 12.7 Å². The molecule has 0 aliphatic carbocycles. The predicted octanol–water partition coefficient (Wildman–Crippen LogP) is 0.833. The van der Waals surface area contributed by atoms with Gasteiger partial charge in [0.25, 0.3) is 0 Å². The van der Waals surface area contributed by atoms with Crippen molar-refractivity contribution < 1.29 is 5.11 Å². The van der Waals surface area contributed by atoms with E-state index in [0.717, 1.165) is 24.1 Å². The molecule has 5 heteroatoms. The summed E-state index contributed by atoms with van der Waals surface area (Å²) in [6, 6.07) is 3.31. The van der Waals surface area contributed by atoms with Crippen molar-refractivity contribution in [2.75, 3.05) is 6.61 Å². The van der Waals surface area contributed by atoms with E-state index in [1.54, 1.807) is 6.20 Å². The van der Waals surface area contributed by atoms with Crippen LogP contribution in [0.4, 0.5) is 0 Å². The Balaban J connectivity index is 2.58. The number of aliphatic hydroxyl groups excluding tert-OH is 1. The van der Waals surface area contributed by atoms with E-state index in [0.29, 0.717) is 5.82 Å². The average Bonchev–Trinajstić information content (AvgIpc) is 2.68. The third kappa shape index (κ3) is 1.79. The molecule has 2 heterocycles. The molecule has 2 rings (SSSR count). The van der Waals surface area contributed by atoms with E-state index < -0.39 is 6.04 Å². The molecule has 2 aromatic rings. The summed E-state index contributed by atoms with van der Waals surface area (Å²) in [5.41, 5.74) is 7.49. The lowest BCUT2D eigenvalue weighted by Gasteiger charge is -2.10. The number of hydrogen-bond acceptors (Lipinski definition) is 4. The van der Waals surface area contributed by atoms with Gasteiger partial charge in [0.1, 0.15) is 11.3 Å². The van der Waals surface area contributed by atoms with Crippen molar-refractivity contribution in [3.8, 4) is 0 Å². The predicted molar refractivity (Wildman–Crippen MR) is 61.8 cm³/mol. The normalized spacial score (nSPS) is 13.2. The number of hydrogen-bond donors (Lipinski definition) is 2. The molecule has 0 saturated heterocycles. The molecule has 16 heavy (non-hydrogen) atoms. The Morgan fingerprint density at radius 1 is 1.56 bits per heavy atom. The molecule has 1 unspecified atom stereocenters. The first kappa shape index (κ1) is 11.0. The maximum absolute atomic E-state index is 9.11. The summed E-state index contributed by atoms with van der Waals surface area (Å²) < 4.78 is 1.98. The molecule has 0 amide bonds. The maximum atomic E-state index is 9.11. The first-order valence-electron chi connectivity index (χ1n) is 5.45. The summed E-state index contributed by atoms with van der Waals surface area (Å²) >= 11 is 0. The largest absolute Gasteiger partial charge is 0.394 e. The lowest BCUT2D eigenvalue weighted by Crippen LogP contribution is -2.20. The lowest BCUT2D eigenvalue weighted by molar-refractivity contribution is 0.261. The Labute approximate surface area is 93.9 Å². The summed E-state index contributed by atoms with van der Waals surface area (Å²) in [4.78, 5) is 8.72. The van der Waals surface area contributed by atoms with Crippen molar-refractivity contribution in [3.05, 3.63) is 24.2 Å². The Morgan fingerprint density at radius 3 is 3.06 bits per heavy atom. The summed E-state index contributed by atoms with van der Waals surface area (Å²) in [5.74, 6) is 0.707. The van der Waals surface area contributed by atoms with E-state index in [2.05, 4.69) is 16.9 Å². The Morgan fingerprint density at radius 2 is 2.38 bits per heavy atom. The first-order chi connectivity index (χ1) is 7.77. The molecule has 0 spiro atoms. The van der Waals surface area contributed by atoms with Gasteiger partial charge in [-0.3, -0.25) is 0 Å². The van der Waals surface area contributed by atoms with Gasteiger partial charge in [-0.2, -0.15) is 0 Å². The highest BCUT2D eigenvalue weighted by Gasteiger charge is 2.16. The van der Waals surface area contributed by atoms with Crippen molar-refractivity contribution >= 4 is 11.2 Å². The summed E-state index contributed by atoms with van der Waals surface area (Å²) in [6.45, 7) is 2.80. The van der Waals surface area contributed by atoms with E-state index in [9.17, 15) is 0 Å². The molecule has 0 saturated carbocycles. The van der Waals surface area contributed by atoms with Crippen LogP contribution in [0.3, 0.4) is 0 Å². The number of nitrogens with two attached hydrogens (primary N) is 1. The second-order valence-corrected chi connectivity index (χ2v) is 3.76. The van der Waals surface area contributed by atoms with Gasteiger partial charge < -0.3 is 15.4 Å². The number of aromatic nitrogens is 3. The highest BCUT2D eigenvalue weighted by molar-refractivity contribution is 5.71. The van der Waals surface area contributed by atoms with E-state index in [1.807, 2.05) is 16.7 Å². The maximum Gasteiger partial charge on any atom is 0.160 e. The molecule has 3 N–H and O–H groups in total. The number of imidazole rings is 1. The van der Waals surface area contributed by atoms with Crippen LogP contribution in [0.25, 0.3) is 11.2 Å². The van der Waals surface area contributed by atoms with Gasteiger partial charge in [0.15, 0.2) is 5.65 Å². The van der Waals surface area contributed by atoms with Crippen molar-refractivity contribution in [3.63, 3.8) is 0 Å². The van der Waals surface area contributed by atoms with Gasteiger partial charge in [0.2, 0.25) is 0 Å². The fourth-order valence-corrected chi connectivity index (χ4v) is 1.78. The van der Waals surface area contributed by atoms with Crippen LogP contribution in [-0.2, 0) is 6.54 Å². The average molecular weight is 220 g/mol. The van der Waals surface area contributed by atoms with Gasteiger partial charge in [0.05, 0.1) is 12.6 Å².